The Hall–Kier alpha value is -0.890. The van der Waals surface area contributed by atoms with Crippen LogP contribution in [0.15, 0.2) is 34.3 Å². The molecule has 0 bridgehead atoms. The van der Waals surface area contributed by atoms with Gasteiger partial charge in [-0.2, -0.15) is 0 Å². The van der Waals surface area contributed by atoms with E-state index in [9.17, 15) is 4.79 Å². The predicted octanol–water partition coefficient (Wildman–Crippen LogP) is 3.91. The average molecular weight is 253 g/mol. The van der Waals surface area contributed by atoms with E-state index >= 15 is 0 Å². The Balaban J connectivity index is 3.12. The molecule has 1 aromatic carbocycles. The second kappa shape index (κ2) is 4.56. The minimum atomic E-state index is 0.0561. The molecule has 0 fully saturated rings. The molecule has 0 heterocycles. The summed E-state index contributed by atoms with van der Waals surface area (Å²) in [7, 11) is 0. The smallest absolute Gasteiger partial charge is 0.186 e. The third-order valence-electron chi connectivity index (χ3n) is 1.81. The van der Waals surface area contributed by atoms with Crippen LogP contribution in [0.25, 0.3) is 0 Å². The van der Waals surface area contributed by atoms with Crippen molar-refractivity contribution in [2.45, 2.75) is 20.8 Å². The Labute approximate surface area is 93.0 Å². The molecule has 0 spiro atoms. The van der Waals surface area contributed by atoms with Gasteiger partial charge in [-0.3, -0.25) is 4.79 Å². The van der Waals surface area contributed by atoms with E-state index in [4.69, 9.17) is 0 Å². The van der Waals surface area contributed by atoms with Crippen LogP contribution >= 0.6 is 15.9 Å². The maximum atomic E-state index is 11.7. The summed E-state index contributed by atoms with van der Waals surface area (Å²) >= 11 is 3.37. The fourth-order valence-electron chi connectivity index (χ4n) is 1.17. The highest BCUT2D eigenvalue weighted by molar-refractivity contribution is 9.10. The molecule has 0 aliphatic heterocycles. The average Bonchev–Trinajstić information content (AvgIpc) is 2.08. The van der Waals surface area contributed by atoms with Crippen molar-refractivity contribution in [3.63, 3.8) is 0 Å². The molecule has 0 saturated heterocycles. The number of hydrogen-bond acceptors (Lipinski definition) is 1. The number of aryl methyl sites for hydroxylation is 1. The lowest BCUT2D eigenvalue weighted by Gasteiger charge is -2.02. The number of allylic oxidation sites excluding steroid dienone is 2. The molecule has 0 aromatic heterocycles. The Kier molecular flexibility index (Phi) is 3.64. The number of benzene rings is 1. The highest BCUT2D eigenvalue weighted by atomic mass is 79.9. The molecule has 0 N–H and O–H groups in total. The van der Waals surface area contributed by atoms with E-state index in [0.717, 1.165) is 21.2 Å². The van der Waals surface area contributed by atoms with Crippen molar-refractivity contribution in [3.05, 3.63) is 45.4 Å². The van der Waals surface area contributed by atoms with Crippen LogP contribution in [0, 0.1) is 6.92 Å². The van der Waals surface area contributed by atoms with Crippen molar-refractivity contribution in [1.29, 1.82) is 0 Å². The van der Waals surface area contributed by atoms with E-state index in [0.29, 0.717) is 0 Å². The second-order valence-electron chi connectivity index (χ2n) is 3.57. The predicted molar refractivity (Wildman–Crippen MR) is 62.6 cm³/mol. The van der Waals surface area contributed by atoms with E-state index in [-0.39, 0.29) is 5.78 Å². The SMILES string of the molecule is CC(C)=CC(=O)c1cc(C)ccc1Br. The molecule has 2 heteroatoms. The molecule has 1 nitrogen and oxygen atoms in total. The molecule has 0 saturated carbocycles. The van der Waals surface area contributed by atoms with Crippen molar-refractivity contribution in [3.8, 4) is 0 Å². The van der Waals surface area contributed by atoms with Crippen LogP contribution in [-0.4, -0.2) is 5.78 Å². The van der Waals surface area contributed by atoms with Gasteiger partial charge < -0.3 is 0 Å². The van der Waals surface area contributed by atoms with Crippen molar-refractivity contribution >= 4 is 21.7 Å². The number of halogens is 1. The largest absolute Gasteiger partial charge is 0.289 e. The van der Waals surface area contributed by atoms with Crippen LogP contribution in [0.1, 0.15) is 29.8 Å². The lowest BCUT2D eigenvalue weighted by Crippen LogP contribution is -1.97. The first kappa shape index (κ1) is 11.2. The van der Waals surface area contributed by atoms with Crippen molar-refractivity contribution in [2.24, 2.45) is 0 Å². The first-order chi connectivity index (χ1) is 6.50. The number of carbonyl (C=O) groups is 1. The molecule has 1 rings (SSSR count). The van der Waals surface area contributed by atoms with Gasteiger partial charge in [-0.25, -0.2) is 0 Å². The molecule has 14 heavy (non-hydrogen) atoms. The summed E-state index contributed by atoms with van der Waals surface area (Å²) in [4.78, 5) is 11.7. The molecule has 0 aliphatic carbocycles. The fraction of sp³-hybridized carbons (Fsp3) is 0.250. The zero-order chi connectivity index (χ0) is 10.7. The van der Waals surface area contributed by atoms with Gasteiger partial charge in [0.05, 0.1) is 0 Å². The van der Waals surface area contributed by atoms with Crippen molar-refractivity contribution in [1.82, 2.24) is 0 Å². The summed E-state index contributed by atoms with van der Waals surface area (Å²) in [6.45, 7) is 5.81. The monoisotopic (exact) mass is 252 g/mol. The molecule has 0 unspecified atom stereocenters. The Morgan fingerprint density at radius 3 is 2.57 bits per heavy atom. The Bertz CT molecular complexity index is 387. The molecule has 74 valence electrons. The first-order valence-electron chi connectivity index (χ1n) is 4.46. The van der Waals surface area contributed by atoms with E-state index in [2.05, 4.69) is 15.9 Å². The summed E-state index contributed by atoms with van der Waals surface area (Å²) < 4.78 is 0.852. The fourth-order valence-corrected chi connectivity index (χ4v) is 1.61. The van der Waals surface area contributed by atoms with E-state index in [1.165, 1.54) is 0 Å². The molecule has 0 radical (unpaired) electrons. The number of ketones is 1. The number of hydrogen-bond donors (Lipinski definition) is 0. The highest BCUT2D eigenvalue weighted by Gasteiger charge is 2.06. The van der Waals surface area contributed by atoms with Gasteiger partial charge in [0, 0.05) is 10.0 Å². The van der Waals surface area contributed by atoms with Gasteiger partial charge in [-0.15, -0.1) is 0 Å². The quantitative estimate of drug-likeness (QED) is 0.577. The zero-order valence-corrected chi connectivity index (χ0v) is 10.2. The minimum absolute atomic E-state index is 0.0561. The summed E-state index contributed by atoms with van der Waals surface area (Å²) in [6.07, 6.45) is 1.65. The van der Waals surface area contributed by atoms with E-state index in [1.54, 1.807) is 6.08 Å². The minimum Gasteiger partial charge on any atom is -0.289 e. The summed E-state index contributed by atoms with van der Waals surface area (Å²) in [5.74, 6) is 0.0561. The van der Waals surface area contributed by atoms with Crippen molar-refractivity contribution in [2.75, 3.05) is 0 Å². The van der Waals surface area contributed by atoms with Crippen LogP contribution in [0.3, 0.4) is 0 Å². The van der Waals surface area contributed by atoms with E-state index in [1.807, 2.05) is 39.0 Å². The lowest BCUT2D eigenvalue weighted by molar-refractivity contribution is 0.104. The van der Waals surface area contributed by atoms with Gasteiger partial charge in [0.2, 0.25) is 0 Å². The standard InChI is InChI=1S/C12H13BrO/c1-8(2)6-12(14)10-7-9(3)4-5-11(10)13/h4-7H,1-3H3. The third-order valence-corrected chi connectivity index (χ3v) is 2.50. The van der Waals surface area contributed by atoms with Crippen LogP contribution in [-0.2, 0) is 0 Å². The third kappa shape index (κ3) is 2.81. The van der Waals surface area contributed by atoms with Gasteiger partial charge in [-0.05, 0) is 39.0 Å². The summed E-state index contributed by atoms with van der Waals surface area (Å²) in [5.41, 5.74) is 2.84. The zero-order valence-electron chi connectivity index (χ0n) is 8.60. The molecule has 0 amide bonds. The van der Waals surface area contributed by atoms with Crippen LogP contribution in [0.5, 0.6) is 0 Å². The normalized spacial score (nSPS) is 9.71. The van der Waals surface area contributed by atoms with E-state index < -0.39 is 0 Å². The topological polar surface area (TPSA) is 17.1 Å². The molecular weight excluding hydrogens is 240 g/mol. The Morgan fingerprint density at radius 2 is 2.00 bits per heavy atom. The summed E-state index contributed by atoms with van der Waals surface area (Å²) in [6, 6.07) is 5.77. The lowest BCUT2D eigenvalue weighted by atomic mass is 10.1. The maximum Gasteiger partial charge on any atom is 0.186 e. The van der Waals surface area contributed by atoms with Gasteiger partial charge >= 0.3 is 0 Å². The number of carbonyl (C=O) groups excluding carboxylic acids is 1. The second-order valence-corrected chi connectivity index (χ2v) is 4.42. The van der Waals surface area contributed by atoms with Crippen molar-refractivity contribution < 1.29 is 4.79 Å². The van der Waals surface area contributed by atoms with Gasteiger partial charge in [0.1, 0.15) is 0 Å². The Morgan fingerprint density at radius 1 is 1.36 bits per heavy atom. The van der Waals surface area contributed by atoms with Crippen LogP contribution in [0.4, 0.5) is 0 Å². The van der Waals surface area contributed by atoms with Gasteiger partial charge in [0.25, 0.3) is 0 Å². The summed E-state index contributed by atoms with van der Waals surface area (Å²) in [5, 5.41) is 0. The van der Waals surface area contributed by atoms with Crippen LogP contribution in [0.2, 0.25) is 0 Å². The maximum absolute atomic E-state index is 11.7. The van der Waals surface area contributed by atoms with Gasteiger partial charge in [-0.1, -0.05) is 33.1 Å². The first-order valence-corrected chi connectivity index (χ1v) is 5.25. The molecule has 0 aliphatic rings. The molecule has 0 atom stereocenters. The highest BCUT2D eigenvalue weighted by Crippen LogP contribution is 2.19. The van der Waals surface area contributed by atoms with Gasteiger partial charge in [0.15, 0.2) is 5.78 Å². The van der Waals surface area contributed by atoms with Crippen LogP contribution < -0.4 is 0 Å². The number of rotatable bonds is 2. The molecule has 1 aromatic rings. The molecular formula is C12H13BrO.